The molecule has 0 spiro atoms. The molecule has 416 valence electrons. The molecule has 0 aliphatic rings. The van der Waals surface area contributed by atoms with Crippen LogP contribution in [0.25, 0.3) is 0 Å². The second-order valence-electron chi connectivity index (χ2n) is 19.0. The molecule has 76 heavy (non-hydrogen) atoms. The molecule has 0 nitrogen and oxygen atoms in total. The molecule has 0 fully saturated rings. The van der Waals surface area contributed by atoms with Gasteiger partial charge in [0.05, 0.1) is 44.5 Å². The van der Waals surface area contributed by atoms with Crippen molar-refractivity contribution in [1.29, 1.82) is 0 Å². The van der Waals surface area contributed by atoms with Crippen molar-refractivity contribution in [3.63, 3.8) is 0 Å². The SMILES string of the molecule is CC(C)(C)c1ccc([I+]c2ccc(C(C)(C)C)s2)s1.FC(F)(F)c1cc([B-](c2cc(C(F)(F)F)cc(C(F)(F)F)c2)(c2cc(C(F)(F)F)cc(C(F)(F)F)c2)c2cc(C(F)(F)F)cc(C(F)(F)F)c2)cc(C(F)(F)F)c1. The van der Waals surface area contributed by atoms with Gasteiger partial charge in [0.25, 0.3) is 0 Å². The van der Waals surface area contributed by atoms with Gasteiger partial charge in [-0.25, -0.2) is 0 Å². The molecule has 0 aliphatic carbocycles. The molecule has 6 rings (SSSR count). The van der Waals surface area contributed by atoms with Crippen LogP contribution < -0.4 is 43.1 Å². The number of halogens is 25. The largest absolute Gasteiger partial charge is 0.416 e. The van der Waals surface area contributed by atoms with Gasteiger partial charge in [0.15, 0.2) is 0 Å². The molecule has 0 radical (unpaired) electrons. The highest BCUT2D eigenvalue weighted by atomic mass is 127. The van der Waals surface area contributed by atoms with Crippen LogP contribution in [0.1, 0.15) is 95.8 Å². The summed E-state index contributed by atoms with van der Waals surface area (Å²) in [5, 5.41) is 0. The summed E-state index contributed by atoms with van der Waals surface area (Å²) in [6.45, 7) is 13.8. The van der Waals surface area contributed by atoms with E-state index in [0.717, 1.165) is 0 Å². The maximum absolute atomic E-state index is 14.2. The van der Waals surface area contributed by atoms with Crippen LogP contribution in [0.5, 0.6) is 0 Å². The monoisotopic (exact) mass is 1270 g/mol. The molecule has 4 aromatic carbocycles. The van der Waals surface area contributed by atoms with Crippen molar-refractivity contribution in [2.45, 2.75) is 102 Å². The summed E-state index contributed by atoms with van der Waals surface area (Å²) >= 11 is 4.02. The third-order valence-electron chi connectivity index (χ3n) is 11.3. The van der Waals surface area contributed by atoms with Crippen molar-refractivity contribution in [2.24, 2.45) is 0 Å². The van der Waals surface area contributed by atoms with Gasteiger partial charge in [0.2, 0.25) is 5.77 Å². The van der Waals surface area contributed by atoms with Crippen molar-refractivity contribution >= 4 is 50.7 Å². The Balaban J connectivity index is 0.000000468. The van der Waals surface area contributed by atoms with Crippen LogP contribution >= 0.6 is 22.7 Å². The zero-order chi connectivity index (χ0) is 58.2. The minimum Gasteiger partial charge on any atom is -0.194 e. The molecule has 0 amide bonds. The number of thiophene rings is 2. The standard InChI is InChI=1S/C32H12BF24.C16H22IS2/c34-25(35,36)13-1-14(26(37,38)39)6-21(5-13)33(22-7-15(27(40,41)42)2-16(8-22)28(43,44)45,23-9-17(29(46,47)48)3-18(10-23)30(49,50)51)24-11-19(31(52,53)54)4-20(12-24)32(55,56)57;1-15(2,3)11-7-9-13(18-11)17-14-10-8-12(19-14)16(4,5)6/h1-12H;7-10H,1-6H3/q-1;+1. The van der Waals surface area contributed by atoms with Crippen LogP contribution in [0.4, 0.5) is 105 Å². The van der Waals surface area contributed by atoms with E-state index >= 15 is 0 Å². The Morgan fingerprint density at radius 2 is 0.447 bits per heavy atom. The van der Waals surface area contributed by atoms with Crippen LogP contribution in [-0.4, -0.2) is 6.15 Å². The van der Waals surface area contributed by atoms with Crippen molar-refractivity contribution in [1.82, 2.24) is 0 Å². The van der Waals surface area contributed by atoms with E-state index in [0.29, 0.717) is 10.8 Å². The lowest BCUT2D eigenvalue weighted by Gasteiger charge is -2.46. The molecule has 0 aliphatic heterocycles. The van der Waals surface area contributed by atoms with Gasteiger partial charge in [0.1, 0.15) is 6.15 Å². The summed E-state index contributed by atoms with van der Waals surface area (Å²) in [6, 6.07) is 0.509. The second-order valence-corrected chi connectivity index (χ2v) is 25.5. The predicted molar refractivity (Wildman–Crippen MR) is 234 cm³/mol. The predicted octanol–water partition coefficient (Wildman–Crippen LogP) is 13.7. The van der Waals surface area contributed by atoms with Gasteiger partial charge in [-0.15, -0.1) is 0 Å². The quantitative estimate of drug-likeness (QED) is 0.0886. The molecule has 2 aromatic heterocycles. The highest BCUT2D eigenvalue weighted by Gasteiger charge is 2.47. The first-order valence-electron chi connectivity index (χ1n) is 21.1. The third-order valence-corrected chi connectivity index (χ3v) is 18.0. The van der Waals surface area contributed by atoms with Crippen LogP contribution in [-0.2, 0) is 60.2 Å². The number of rotatable bonds is 6. The third kappa shape index (κ3) is 14.5. The van der Waals surface area contributed by atoms with Crippen LogP contribution in [0.2, 0.25) is 0 Å². The van der Waals surface area contributed by atoms with E-state index in [1.54, 1.807) is 5.77 Å². The highest BCUT2D eigenvalue weighted by Crippen LogP contribution is 2.42. The Hall–Kier alpha value is -4.61. The summed E-state index contributed by atoms with van der Waals surface area (Å²) in [6.07, 6.45) is -54.8. The summed E-state index contributed by atoms with van der Waals surface area (Å²) < 4.78 is 344. The van der Waals surface area contributed by atoms with Gasteiger partial charge in [-0.2, -0.15) is 127 Å². The fraction of sp³-hybridized carbons (Fsp3) is 0.333. The van der Waals surface area contributed by atoms with Gasteiger partial charge in [0, 0.05) is 21.9 Å². The van der Waals surface area contributed by atoms with Crippen molar-refractivity contribution in [3.8, 4) is 0 Å². The first kappa shape index (κ1) is 62.2. The second kappa shape index (κ2) is 20.6. The first-order valence-corrected chi connectivity index (χ1v) is 24.9. The topological polar surface area (TPSA) is 0 Å². The molecular formula is C48H34BF24IS2. The molecule has 2 heterocycles. The summed E-state index contributed by atoms with van der Waals surface area (Å²) in [7, 11) is 0. The Morgan fingerprint density at radius 3 is 0.579 bits per heavy atom. The summed E-state index contributed by atoms with van der Waals surface area (Å²) in [5.74, 6) is 0. The Morgan fingerprint density at radius 1 is 0.276 bits per heavy atom. The molecular weight excluding hydrogens is 1230 g/mol. The fourth-order valence-electron chi connectivity index (χ4n) is 7.70. The molecule has 0 unspecified atom stereocenters. The molecule has 0 atom stereocenters. The molecule has 0 saturated heterocycles. The zero-order valence-electron chi connectivity index (χ0n) is 39.1. The van der Waals surface area contributed by atoms with E-state index in [1.807, 2.05) is 22.7 Å². The normalized spacial score (nSPS) is 14.0. The van der Waals surface area contributed by atoms with Gasteiger partial charge >= 0.3 is 70.6 Å². The number of alkyl halides is 24. The van der Waals surface area contributed by atoms with E-state index < -0.39 is 195 Å². The minimum absolute atomic E-state index is 0.0107. The molecule has 28 heteroatoms. The van der Waals surface area contributed by atoms with Crippen LogP contribution in [0, 0.1) is 5.77 Å². The lowest BCUT2D eigenvalue weighted by molar-refractivity contribution is -0.585. The maximum atomic E-state index is 14.2. The number of hydrogen-bond donors (Lipinski definition) is 0. The smallest absolute Gasteiger partial charge is 0.194 e. The zero-order valence-corrected chi connectivity index (χ0v) is 42.9. The van der Waals surface area contributed by atoms with E-state index in [1.165, 1.54) is 9.75 Å². The summed E-state index contributed by atoms with van der Waals surface area (Å²) in [4.78, 5) is 3.02. The lowest BCUT2D eigenvalue weighted by atomic mass is 9.12. The average molecular weight is 1270 g/mol. The fourth-order valence-corrected chi connectivity index (χ4v) is 14.1. The molecule has 0 saturated carbocycles. The Labute approximate surface area is 434 Å². The van der Waals surface area contributed by atoms with E-state index in [9.17, 15) is 105 Å². The van der Waals surface area contributed by atoms with Crippen LogP contribution in [0.3, 0.4) is 0 Å². The number of benzene rings is 4. The number of hydrogen-bond acceptors (Lipinski definition) is 2. The van der Waals surface area contributed by atoms with Crippen LogP contribution in [0.15, 0.2) is 97.1 Å². The summed E-state index contributed by atoms with van der Waals surface area (Å²) in [5.41, 5.74) is -29.6. The van der Waals surface area contributed by atoms with Gasteiger partial charge in [-0.1, -0.05) is 113 Å². The maximum Gasteiger partial charge on any atom is 0.416 e. The average Bonchev–Trinajstić information content (AvgIpc) is 3.92. The van der Waals surface area contributed by atoms with Crippen molar-refractivity contribution in [2.75, 3.05) is 0 Å². The van der Waals surface area contributed by atoms with Gasteiger partial charge in [-0.3, -0.25) is 0 Å². The molecule has 0 N–H and O–H groups in total. The Bertz CT molecular complexity index is 2550. The minimum atomic E-state index is -6.13. The molecule has 6 aromatic rings. The van der Waals surface area contributed by atoms with Gasteiger partial charge in [-0.05, 0) is 47.2 Å². The van der Waals surface area contributed by atoms with Gasteiger partial charge < -0.3 is 0 Å². The van der Waals surface area contributed by atoms with E-state index in [-0.39, 0.29) is 21.2 Å². The van der Waals surface area contributed by atoms with Crippen molar-refractivity contribution in [3.05, 3.63) is 157 Å². The van der Waals surface area contributed by atoms with Crippen molar-refractivity contribution < 1.29 is 127 Å². The van der Waals surface area contributed by atoms with E-state index in [4.69, 9.17) is 0 Å². The first-order chi connectivity index (χ1) is 33.9. The highest BCUT2D eigenvalue weighted by molar-refractivity contribution is 7.20. The Kier molecular flexibility index (Phi) is 16.8. The lowest BCUT2D eigenvalue weighted by Crippen LogP contribution is -3.61. The molecule has 0 bridgehead atoms. The van der Waals surface area contributed by atoms with E-state index in [2.05, 4.69) is 65.8 Å².